The molecule has 126 valence electrons. The van der Waals surface area contributed by atoms with Gasteiger partial charge < -0.3 is 15.8 Å². The highest BCUT2D eigenvalue weighted by Crippen LogP contribution is 2.24. The second-order valence-electron chi connectivity index (χ2n) is 6.40. The Hall–Kier alpha value is -0.0700. The highest BCUT2D eigenvalue weighted by atomic mass is 35.5. The predicted octanol–water partition coefficient (Wildman–Crippen LogP) is 1.18. The quantitative estimate of drug-likeness (QED) is 0.805. The SMILES string of the molecule is CC(C)(CNC(=O)C1CCC(N)C1)N1CCOCC1.Cl.Cl. The Labute approximate surface area is 140 Å². The molecule has 7 heteroatoms. The van der Waals surface area contributed by atoms with Crippen LogP contribution in [0, 0.1) is 5.92 Å². The molecule has 1 amide bonds. The van der Waals surface area contributed by atoms with Gasteiger partial charge in [-0.05, 0) is 33.1 Å². The molecular formula is C14H29Cl2N3O2. The van der Waals surface area contributed by atoms with Crippen molar-refractivity contribution < 1.29 is 9.53 Å². The molecule has 2 unspecified atom stereocenters. The van der Waals surface area contributed by atoms with Crippen molar-refractivity contribution in [3.05, 3.63) is 0 Å². The molecule has 0 aromatic heterocycles. The zero-order chi connectivity index (χ0) is 13.9. The minimum atomic E-state index is -0.0137. The number of nitrogens with zero attached hydrogens (tertiary/aromatic N) is 1. The maximum Gasteiger partial charge on any atom is 0.223 e. The topological polar surface area (TPSA) is 67.6 Å². The van der Waals surface area contributed by atoms with E-state index in [0.29, 0.717) is 6.54 Å². The first-order valence-electron chi connectivity index (χ1n) is 7.35. The molecule has 21 heavy (non-hydrogen) atoms. The number of rotatable bonds is 4. The number of halogens is 2. The van der Waals surface area contributed by atoms with E-state index >= 15 is 0 Å². The van der Waals surface area contributed by atoms with Gasteiger partial charge in [-0.25, -0.2) is 0 Å². The largest absolute Gasteiger partial charge is 0.379 e. The molecule has 1 saturated carbocycles. The lowest BCUT2D eigenvalue weighted by atomic mass is 10.0. The number of nitrogens with one attached hydrogen (secondary N) is 1. The van der Waals surface area contributed by atoms with Crippen molar-refractivity contribution in [3.63, 3.8) is 0 Å². The zero-order valence-electron chi connectivity index (χ0n) is 13.0. The maximum atomic E-state index is 12.1. The molecule has 0 aromatic carbocycles. The Bertz CT molecular complexity index is 323. The van der Waals surface area contributed by atoms with Gasteiger partial charge in [-0.1, -0.05) is 0 Å². The lowest BCUT2D eigenvalue weighted by Gasteiger charge is -2.41. The number of nitrogens with two attached hydrogens (primary N) is 1. The summed E-state index contributed by atoms with van der Waals surface area (Å²) in [5.74, 6) is 0.296. The van der Waals surface area contributed by atoms with E-state index in [0.717, 1.165) is 45.6 Å². The standard InChI is InChI=1S/C14H27N3O2.2ClH/c1-14(2,17-5-7-19-8-6-17)10-16-13(18)11-3-4-12(15)9-11;;/h11-12H,3-10,15H2,1-2H3,(H,16,18);2*1H. The van der Waals surface area contributed by atoms with Crippen LogP contribution in [0.2, 0.25) is 0 Å². The van der Waals surface area contributed by atoms with Gasteiger partial charge >= 0.3 is 0 Å². The van der Waals surface area contributed by atoms with Crippen LogP contribution >= 0.6 is 24.8 Å². The lowest BCUT2D eigenvalue weighted by molar-refractivity contribution is -0.125. The van der Waals surface area contributed by atoms with Crippen LogP contribution in [0.4, 0.5) is 0 Å². The van der Waals surface area contributed by atoms with Crippen molar-refractivity contribution in [3.8, 4) is 0 Å². The summed E-state index contributed by atoms with van der Waals surface area (Å²) < 4.78 is 5.37. The second kappa shape index (κ2) is 9.16. The van der Waals surface area contributed by atoms with E-state index in [-0.39, 0.29) is 48.2 Å². The van der Waals surface area contributed by atoms with Gasteiger partial charge in [-0.15, -0.1) is 24.8 Å². The third-order valence-corrected chi connectivity index (χ3v) is 4.41. The highest BCUT2D eigenvalue weighted by Gasteiger charge is 2.31. The van der Waals surface area contributed by atoms with E-state index in [1.54, 1.807) is 0 Å². The van der Waals surface area contributed by atoms with Crippen molar-refractivity contribution in [2.45, 2.75) is 44.7 Å². The molecule has 2 aliphatic rings. The van der Waals surface area contributed by atoms with Crippen molar-refractivity contribution >= 4 is 30.7 Å². The van der Waals surface area contributed by atoms with E-state index in [9.17, 15) is 4.79 Å². The van der Waals surface area contributed by atoms with Gasteiger partial charge in [-0.3, -0.25) is 9.69 Å². The molecule has 2 rings (SSSR count). The van der Waals surface area contributed by atoms with Crippen molar-refractivity contribution in [2.24, 2.45) is 11.7 Å². The average molecular weight is 342 g/mol. The van der Waals surface area contributed by atoms with Crippen molar-refractivity contribution in [1.82, 2.24) is 10.2 Å². The zero-order valence-corrected chi connectivity index (χ0v) is 14.6. The van der Waals surface area contributed by atoms with Gasteiger partial charge in [0, 0.05) is 37.1 Å². The molecule has 5 nitrogen and oxygen atoms in total. The maximum absolute atomic E-state index is 12.1. The normalized spacial score (nSPS) is 26.6. The first kappa shape index (κ1) is 20.9. The summed E-state index contributed by atoms with van der Waals surface area (Å²) in [7, 11) is 0. The minimum Gasteiger partial charge on any atom is -0.379 e. The van der Waals surface area contributed by atoms with Gasteiger partial charge in [0.25, 0.3) is 0 Å². The number of carbonyl (C=O) groups excluding carboxylic acids is 1. The van der Waals surface area contributed by atoms with Gasteiger partial charge in [0.05, 0.1) is 13.2 Å². The summed E-state index contributed by atoms with van der Waals surface area (Å²) in [5, 5.41) is 3.11. The Morgan fingerprint density at radius 3 is 2.43 bits per heavy atom. The second-order valence-corrected chi connectivity index (χ2v) is 6.40. The van der Waals surface area contributed by atoms with E-state index in [2.05, 4.69) is 24.1 Å². The van der Waals surface area contributed by atoms with Crippen molar-refractivity contribution in [1.29, 1.82) is 0 Å². The average Bonchev–Trinajstić information content (AvgIpc) is 2.84. The molecule has 0 bridgehead atoms. The lowest BCUT2D eigenvalue weighted by Crippen LogP contribution is -2.55. The smallest absolute Gasteiger partial charge is 0.223 e. The summed E-state index contributed by atoms with van der Waals surface area (Å²) in [4.78, 5) is 14.5. The van der Waals surface area contributed by atoms with Gasteiger partial charge in [0.2, 0.25) is 5.91 Å². The molecule has 3 N–H and O–H groups in total. The molecule has 0 aromatic rings. The third-order valence-electron chi connectivity index (χ3n) is 4.41. The molecular weight excluding hydrogens is 313 g/mol. The summed E-state index contributed by atoms with van der Waals surface area (Å²) in [6.07, 6.45) is 2.75. The fourth-order valence-electron chi connectivity index (χ4n) is 2.98. The number of morpholine rings is 1. The first-order chi connectivity index (χ1) is 8.99. The van der Waals surface area contributed by atoms with Gasteiger partial charge in [-0.2, -0.15) is 0 Å². The van der Waals surface area contributed by atoms with Crippen LogP contribution in [0.25, 0.3) is 0 Å². The Kier molecular flexibility index (Phi) is 9.12. The van der Waals surface area contributed by atoms with Crippen LogP contribution in [0.15, 0.2) is 0 Å². The minimum absolute atomic E-state index is 0. The first-order valence-corrected chi connectivity index (χ1v) is 7.35. The number of amides is 1. The van der Waals surface area contributed by atoms with Gasteiger partial charge in [0.15, 0.2) is 0 Å². The number of hydrogen-bond acceptors (Lipinski definition) is 4. The van der Waals surface area contributed by atoms with Crippen LogP contribution in [-0.4, -0.2) is 55.2 Å². The van der Waals surface area contributed by atoms with E-state index < -0.39 is 0 Å². The van der Waals surface area contributed by atoms with E-state index in [4.69, 9.17) is 10.5 Å². The monoisotopic (exact) mass is 341 g/mol. The molecule has 2 fully saturated rings. The molecule has 1 heterocycles. The number of carbonyl (C=O) groups is 1. The number of hydrogen-bond donors (Lipinski definition) is 2. The molecule has 0 spiro atoms. The van der Waals surface area contributed by atoms with Crippen LogP contribution in [-0.2, 0) is 9.53 Å². The molecule has 1 aliphatic carbocycles. The highest BCUT2D eigenvalue weighted by molar-refractivity contribution is 5.85. The fraction of sp³-hybridized carbons (Fsp3) is 0.929. The van der Waals surface area contributed by atoms with Crippen LogP contribution < -0.4 is 11.1 Å². The Balaban J connectivity index is 0.00000200. The Morgan fingerprint density at radius 2 is 1.90 bits per heavy atom. The summed E-state index contributed by atoms with van der Waals surface area (Å²) in [6.45, 7) is 8.51. The van der Waals surface area contributed by atoms with Crippen LogP contribution in [0.3, 0.4) is 0 Å². The third kappa shape index (κ3) is 5.91. The van der Waals surface area contributed by atoms with E-state index in [1.807, 2.05) is 0 Å². The number of ether oxygens (including phenoxy) is 1. The molecule has 0 radical (unpaired) electrons. The molecule has 1 aliphatic heterocycles. The summed E-state index contributed by atoms with van der Waals surface area (Å²) >= 11 is 0. The van der Waals surface area contributed by atoms with E-state index in [1.165, 1.54) is 0 Å². The molecule has 1 saturated heterocycles. The van der Waals surface area contributed by atoms with Gasteiger partial charge in [0.1, 0.15) is 0 Å². The predicted molar refractivity (Wildman–Crippen MR) is 89.3 cm³/mol. The summed E-state index contributed by atoms with van der Waals surface area (Å²) in [5.41, 5.74) is 5.85. The van der Waals surface area contributed by atoms with Crippen molar-refractivity contribution in [2.75, 3.05) is 32.8 Å². The summed E-state index contributed by atoms with van der Waals surface area (Å²) in [6, 6.07) is 0.211. The fourth-order valence-corrected chi connectivity index (χ4v) is 2.98. The van der Waals surface area contributed by atoms with Crippen LogP contribution in [0.5, 0.6) is 0 Å². The Morgan fingerprint density at radius 1 is 1.29 bits per heavy atom. The van der Waals surface area contributed by atoms with Crippen LogP contribution in [0.1, 0.15) is 33.1 Å². The molecule has 2 atom stereocenters.